The first-order valence-corrected chi connectivity index (χ1v) is 4.21. The predicted molar refractivity (Wildman–Crippen MR) is 40.2 cm³/mol. The van der Waals surface area contributed by atoms with E-state index in [0.29, 0.717) is 6.42 Å². The van der Waals surface area contributed by atoms with Crippen LogP contribution in [0.25, 0.3) is 0 Å². The van der Waals surface area contributed by atoms with Gasteiger partial charge in [-0.3, -0.25) is 0 Å². The fraction of sp³-hybridized carbons (Fsp3) is 1.00. The Morgan fingerprint density at radius 2 is 2.09 bits per heavy atom. The number of ether oxygens (including phenoxy) is 1. The van der Waals surface area contributed by atoms with Gasteiger partial charge in [-0.05, 0) is 12.8 Å². The van der Waals surface area contributed by atoms with Crippen molar-refractivity contribution in [3.8, 4) is 0 Å². The molecule has 1 saturated carbocycles. The van der Waals surface area contributed by atoms with Gasteiger partial charge in [-0.15, -0.1) is 0 Å². The molecule has 2 atom stereocenters. The number of aliphatic hydroxyl groups is 1. The number of halogens is 1. The van der Waals surface area contributed by atoms with Crippen molar-refractivity contribution in [2.75, 3.05) is 13.2 Å². The first kappa shape index (κ1) is 8.94. The van der Waals surface area contributed by atoms with E-state index in [1.165, 1.54) is 0 Å². The molecule has 2 nitrogen and oxygen atoms in total. The predicted octanol–water partition coefficient (Wildman–Crippen LogP) is 1.28. The van der Waals surface area contributed by atoms with Crippen molar-refractivity contribution in [3.05, 3.63) is 0 Å². The van der Waals surface area contributed by atoms with Crippen molar-refractivity contribution in [1.82, 2.24) is 0 Å². The molecule has 0 amide bonds. The van der Waals surface area contributed by atoms with Crippen LogP contribution in [-0.2, 0) is 4.74 Å². The highest BCUT2D eigenvalue weighted by molar-refractivity contribution is 4.74. The lowest BCUT2D eigenvalue weighted by Crippen LogP contribution is -2.29. The third-order valence-electron chi connectivity index (χ3n) is 2.05. The summed E-state index contributed by atoms with van der Waals surface area (Å²) < 4.78 is 18.1. The van der Waals surface area contributed by atoms with E-state index in [0.717, 1.165) is 19.3 Å². The van der Waals surface area contributed by atoms with Gasteiger partial charge in [0.1, 0.15) is 6.17 Å². The van der Waals surface area contributed by atoms with Crippen LogP contribution in [0.4, 0.5) is 4.39 Å². The molecule has 1 fully saturated rings. The van der Waals surface area contributed by atoms with Crippen molar-refractivity contribution in [2.24, 2.45) is 0 Å². The van der Waals surface area contributed by atoms with Gasteiger partial charge in [-0.1, -0.05) is 12.8 Å². The Morgan fingerprint density at radius 3 is 2.73 bits per heavy atom. The molecule has 0 saturated heterocycles. The van der Waals surface area contributed by atoms with Crippen LogP contribution in [0.1, 0.15) is 25.7 Å². The Bertz CT molecular complexity index is 108. The number of hydrogen-bond acceptors (Lipinski definition) is 2. The maximum atomic E-state index is 13.0. The molecule has 1 aliphatic carbocycles. The van der Waals surface area contributed by atoms with Crippen LogP contribution >= 0.6 is 0 Å². The SMILES string of the molecule is OCCO[C@H]1CCCC[C@H]1F. The summed E-state index contributed by atoms with van der Waals surface area (Å²) in [6.45, 7) is 0.258. The molecule has 3 heteroatoms. The lowest BCUT2D eigenvalue weighted by Gasteiger charge is -2.25. The summed E-state index contributed by atoms with van der Waals surface area (Å²) in [5.41, 5.74) is 0. The summed E-state index contributed by atoms with van der Waals surface area (Å²) in [6.07, 6.45) is 2.39. The monoisotopic (exact) mass is 162 g/mol. The van der Waals surface area contributed by atoms with Crippen LogP contribution < -0.4 is 0 Å². The molecule has 1 N–H and O–H groups in total. The topological polar surface area (TPSA) is 29.5 Å². The van der Waals surface area contributed by atoms with Crippen molar-refractivity contribution in [1.29, 1.82) is 0 Å². The molecule has 0 aromatic carbocycles. The zero-order valence-electron chi connectivity index (χ0n) is 6.63. The minimum Gasteiger partial charge on any atom is -0.394 e. The summed E-state index contributed by atoms with van der Waals surface area (Å²) in [7, 11) is 0. The number of alkyl halides is 1. The van der Waals surface area contributed by atoms with Gasteiger partial charge in [-0.2, -0.15) is 0 Å². The zero-order chi connectivity index (χ0) is 8.10. The Hall–Kier alpha value is -0.150. The summed E-state index contributed by atoms with van der Waals surface area (Å²) in [6, 6.07) is 0. The quantitative estimate of drug-likeness (QED) is 0.677. The fourth-order valence-electron chi connectivity index (χ4n) is 1.44. The Morgan fingerprint density at radius 1 is 1.36 bits per heavy atom. The molecule has 0 unspecified atom stereocenters. The molecule has 66 valence electrons. The van der Waals surface area contributed by atoms with Gasteiger partial charge in [0.2, 0.25) is 0 Å². The van der Waals surface area contributed by atoms with Gasteiger partial charge in [-0.25, -0.2) is 4.39 Å². The second-order valence-electron chi connectivity index (χ2n) is 2.93. The van der Waals surface area contributed by atoms with Gasteiger partial charge in [0.25, 0.3) is 0 Å². The molecule has 0 aliphatic heterocycles. The highest BCUT2D eigenvalue weighted by Gasteiger charge is 2.24. The molecular formula is C8H15FO2. The molecule has 0 heterocycles. The Kier molecular flexibility index (Phi) is 3.80. The minimum absolute atomic E-state index is 0.0107. The van der Waals surface area contributed by atoms with E-state index in [1.54, 1.807) is 0 Å². The van der Waals surface area contributed by atoms with E-state index >= 15 is 0 Å². The standard InChI is InChI=1S/C8H15FO2/c9-7-3-1-2-4-8(7)11-6-5-10/h7-8,10H,1-6H2/t7-,8+/m1/s1. The molecule has 1 rings (SSSR count). The van der Waals surface area contributed by atoms with Gasteiger partial charge in [0.05, 0.1) is 19.3 Å². The van der Waals surface area contributed by atoms with E-state index in [-0.39, 0.29) is 19.3 Å². The molecule has 1 aliphatic rings. The first-order valence-electron chi connectivity index (χ1n) is 4.21. The zero-order valence-corrected chi connectivity index (χ0v) is 6.63. The van der Waals surface area contributed by atoms with Crippen LogP contribution in [0.5, 0.6) is 0 Å². The maximum absolute atomic E-state index is 13.0. The average molecular weight is 162 g/mol. The van der Waals surface area contributed by atoms with Crippen LogP contribution in [-0.4, -0.2) is 30.6 Å². The highest BCUT2D eigenvalue weighted by Crippen LogP contribution is 2.23. The highest BCUT2D eigenvalue weighted by atomic mass is 19.1. The van der Waals surface area contributed by atoms with E-state index in [9.17, 15) is 4.39 Å². The van der Waals surface area contributed by atoms with Crippen molar-refractivity contribution < 1.29 is 14.2 Å². The smallest absolute Gasteiger partial charge is 0.126 e. The summed E-state index contributed by atoms with van der Waals surface area (Å²) >= 11 is 0. The van der Waals surface area contributed by atoms with Gasteiger partial charge in [0.15, 0.2) is 0 Å². The third kappa shape index (κ3) is 2.75. The van der Waals surface area contributed by atoms with E-state index < -0.39 is 6.17 Å². The second kappa shape index (κ2) is 4.67. The Balaban J connectivity index is 2.18. The summed E-state index contributed by atoms with van der Waals surface area (Å²) in [4.78, 5) is 0. The molecule has 0 bridgehead atoms. The molecule has 0 aromatic rings. The van der Waals surface area contributed by atoms with Crippen LogP contribution in [0, 0.1) is 0 Å². The molecule has 0 aromatic heterocycles. The second-order valence-corrected chi connectivity index (χ2v) is 2.93. The molecule has 0 spiro atoms. The lowest BCUT2D eigenvalue weighted by atomic mass is 9.96. The van der Waals surface area contributed by atoms with E-state index in [1.807, 2.05) is 0 Å². The van der Waals surface area contributed by atoms with E-state index in [2.05, 4.69) is 0 Å². The van der Waals surface area contributed by atoms with Crippen molar-refractivity contribution in [2.45, 2.75) is 38.0 Å². The van der Waals surface area contributed by atoms with Gasteiger partial charge >= 0.3 is 0 Å². The fourth-order valence-corrected chi connectivity index (χ4v) is 1.44. The maximum Gasteiger partial charge on any atom is 0.126 e. The summed E-state index contributed by atoms with van der Waals surface area (Å²) in [5, 5.41) is 8.44. The number of hydrogen-bond donors (Lipinski definition) is 1. The first-order chi connectivity index (χ1) is 5.34. The van der Waals surface area contributed by atoms with Gasteiger partial charge in [0, 0.05) is 0 Å². The largest absolute Gasteiger partial charge is 0.394 e. The van der Waals surface area contributed by atoms with Crippen molar-refractivity contribution >= 4 is 0 Å². The molecule has 0 radical (unpaired) electrons. The normalized spacial score (nSPS) is 32.2. The summed E-state index contributed by atoms with van der Waals surface area (Å²) in [5.74, 6) is 0. The average Bonchev–Trinajstić information content (AvgIpc) is 2.03. The number of aliphatic hydroxyl groups excluding tert-OH is 1. The Labute approximate surface area is 66.4 Å². The lowest BCUT2D eigenvalue weighted by molar-refractivity contribution is -0.0361. The van der Waals surface area contributed by atoms with E-state index in [4.69, 9.17) is 9.84 Å². The third-order valence-corrected chi connectivity index (χ3v) is 2.05. The molecular weight excluding hydrogens is 147 g/mol. The number of rotatable bonds is 3. The van der Waals surface area contributed by atoms with Crippen LogP contribution in [0.3, 0.4) is 0 Å². The minimum atomic E-state index is -0.810. The molecule has 11 heavy (non-hydrogen) atoms. The van der Waals surface area contributed by atoms with Crippen LogP contribution in [0.15, 0.2) is 0 Å². The van der Waals surface area contributed by atoms with Crippen LogP contribution in [0.2, 0.25) is 0 Å². The van der Waals surface area contributed by atoms with Gasteiger partial charge < -0.3 is 9.84 Å². The van der Waals surface area contributed by atoms with Crippen molar-refractivity contribution in [3.63, 3.8) is 0 Å².